The van der Waals surface area contributed by atoms with E-state index < -0.39 is 11.1 Å². The van der Waals surface area contributed by atoms with Crippen molar-refractivity contribution >= 4 is 52.7 Å². The molecule has 3 amide bonds. The number of nitrogens with zero attached hydrogens (tertiary/aromatic N) is 5. The molecule has 3 heterocycles. The molecule has 5 rings (SSSR count). The summed E-state index contributed by atoms with van der Waals surface area (Å²) in [6.07, 6.45) is 3.52. The van der Waals surface area contributed by atoms with Crippen molar-refractivity contribution < 1.29 is 14.3 Å². The van der Waals surface area contributed by atoms with Crippen LogP contribution < -0.4 is 10.1 Å². The van der Waals surface area contributed by atoms with E-state index >= 15 is 0 Å². The second kappa shape index (κ2) is 11.5. The molecule has 9 nitrogen and oxygen atoms in total. The van der Waals surface area contributed by atoms with Crippen LogP contribution in [0.25, 0.3) is 0 Å². The first-order valence-corrected chi connectivity index (χ1v) is 15.1. The van der Waals surface area contributed by atoms with Gasteiger partial charge in [0.15, 0.2) is 5.16 Å². The topological polar surface area (TPSA) is 100 Å². The molecule has 12 heteroatoms. The van der Waals surface area contributed by atoms with Crippen molar-refractivity contribution in [1.29, 1.82) is 0 Å². The highest BCUT2D eigenvalue weighted by Crippen LogP contribution is 2.53. The van der Waals surface area contributed by atoms with Crippen LogP contribution in [-0.4, -0.2) is 70.0 Å². The molecule has 1 saturated heterocycles. The van der Waals surface area contributed by atoms with E-state index in [9.17, 15) is 9.59 Å². The summed E-state index contributed by atoms with van der Waals surface area (Å²) in [5.41, 5.74) is -0.00296. The number of thioether (sulfide) groups is 1. The number of hydrogen-bond donors (Lipinski definition) is 1. The van der Waals surface area contributed by atoms with Gasteiger partial charge in [-0.2, -0.15) is 4.98 Å². The van der Waals surface area contributed by atoms with Gasteiger partial charge in [0.2, 0.25) is 11.8 Å². The van der Waals surface area contributed by atoms with Crippen LogP contribution in [0.1, 0.15) is 37.5 Å². The van der Waals surface area contributed by atoms with Gasteiger partial charge in [0.25, 0.3) is 0 Å². The van der Waals surface area contributed by atoms with Gasteiger partial charge in [-0.1, -0.05) is 59.2 Å². The third kappa shape index (κ3) is 5.13. The molecule has 0 saturated carbocycles. The van der Waals surface area contributed by atoms with Gasteiger partial charge in [-0.15, -0.1) is 0 Å². The van der Waals surface area contributed by atoms with Crippen LogP contribution in [0.3, 0.4) is 0 Å². The van der Waals surface area contributed by atoms with Crippen LogP contribution in [-0.2, 0) is 15.9 Å². The third-order valence-corrected chi connectivity index (χ3v) is 8.75. The lowest BCUT2D eigenvalue weighted by molar-refractivity contribution is -0.123. The molecular formula is C29H30Cl2N6O3S. The number of nitrogens with one attached hydrogen (secondary N) is 1. The number of rotatable bonds is 6. The molecule has 1 N–H and O–H groups in total. The largest absolute Gasteiger partial charge is 0.477 e. The first-order valence-electron chi connectivity index (χ1n) is 13.1. The van der Waals surface area contributed by atoms with E-state index in [2.05, 4.69) is 15.3 Å². The smallest absolute Gasteiger partial charge is 0.327 e. The molecule has 0 radical (unpaired) electrons. The summed E-state index contributed by atoms with van der Waals surface area (Å²) in [6.45, 7) is 6.81. The first-order chi connectivity index (χ1) is 19.6. The van der Waals surface area contributed by atoms with E-state index in [1.807, 2.05) is 51.3 Å². The Morgan fingerprint density at radius 3 is 2.29 bits per heavy atom. The summed E-state index contributed by atoms with van der Waals surface area (Å²) in [4.78, 5) is 44.6. The van der Waals surface area contributed by atoms with Crippen LogP contribution in [0.5, 0.6) is 5.88 Å². The minimum atomic E-state index is -1.09. The fraction of sp³-hybridized carbons (Fsp3) is 0.345. The zero-order chi connectivity index (χ0) is 29.4. The standard InChI is InChI=1S/C29H30Cl2N6O3S/c1-5-40-25-22(16-33-26(34-25)41-4)24-35-28(2,18-6-10-20(30)11-7-18)29(3,19-8-12-21(31)13-9-19)37(24)27(39)36-15-14-32-23(38)17-36/h6-13,16H,5,14-15,17H2,1-4H3,(H,32,38)/t28-,29+/m0/s1. The molecule has 2 aliphatic heterocycles. The predicted octanol–water partition coefficient (Wildman–Crippen LogP) is 5.35. The molecule has 2 atom stereocenters. The Bertz CT molecular complexity index is 1500. The number of urea groups is 1. The molecule has 214 valence electrons. The number of carbonyl (C=O) groups is 2. The number of halogens is 2. The highest BCUT2D eigenvalue weighted by molar-refractivity contribution is 7.98. The normalized spacial score (nSPS) is 22.4. The van der Waals surface area contributed by atoms with E-state index in [1.165, 1.54) is 16.7 Å². The lowest BCUT2D eigenvalue weighted by atomic mass is 9.71. The van der Waals surface area contributed by atoms with Crippen molar-refractivity contribution in [3.05, 3.63) is 81.5 Å². The fourth-order valence-corrected chi connectivity index (χ4v) is 5.94. The Morgan fingerprint density at radius 1 is 1.07 bits per heavy atom. The Hall–Kier alpha value is -3.34. The summed E-state index contributed by atoms with van der Waals surface area (Å²) in [6, 6.07) is 14.5. The zero-order valence-electron chi connectivity index (χ0n) is 23.1. The second-order valence-corrected chi connectivity index (χ2v) is 11.6. The average molecular weight is 614 g/mol. The van der Waals surface area contributed by atoms with E-state index in [-0.39, 0.29) is 18.5 Å². The summed E-state index contributed by atoms with van der Waals surface area (Å²) in [5.74, 6) is 0.434. The van der Waals surface area contributed by atoms with Gasteiger partial charge in [-0.25, -0.2) is 9.78 Å². The maximum atomic E-state index is 14.6. The molecule has 3 aromatic rings. The number of amidine groups is 1. The molecule has 1 aromatic heterocycles. The molecular weight excluding hydrogens is 583 g/mol. The van der Waals surface area contributed by atoms with Gasteiger partial charge < -0.3 is 15.0 Å². The van der Waals surface area contributed by atoms with Crippen molar-refractivity contribution in [2.45, 2.75) is 37.0 Å². The number of ether oxygens (including phenoxy) is 1. The van der Waals surface area contributed by atoms with Crippen LogP contribution in [0, 0.1) is 0 Å². The maximum Gasteiger partial charge on any atom is 0.327 e. The van der Waals surface area contributed by atoms with E-state index in [1.54, 1.807) is 35.4 Å². The second-order valence-electron chi connectivity index (χ2n) is 9.99. The Morgan fingerprint density at radius 2 is 1.71 bits per heavy atom. The lowest BCUT2D eigenvalue weighted by Crippen LogP contribution is -2.61. The fourth-order valence-electron chi connectivity index (χ4n) is 5.36. The number of aliphatic imine (C=N–C) groups is 1. The lowest BCUT2D eigenvalue weighted by Gasteiger charge is -2.46. The molecule has 2 aromatic carbocycles. The molecule has 0 spiro atoms. The van der Waals surface area contributed by atoms with Crippen LogP contribution >= 0.6 is 35.0 Å². The van der Waals surface area contributed by atoms with Gasteiger partial charge in [0.1, 0.15) is 23.5 Å². The van der Waals surface area contributed by atoms with Crippen molar-refractivity contribution in [2.75, 3.05) is 32.5 Å². The summed E-state index contributed by atoms with van der Waals surface area (Å²) >= 11 is 14.0. The summed E-state index contributed by atoms with van der Waals surface area (Å²) < 4.78 is 5.97. The number of hydrogen-bond acceptors (Lipinski definition) is 7. The minimum absolute atomic E-state index is 0.0722. The zero-order valence-corrected chi connectivity index (χ0v) is 25.5. The van der Waals surface area contributed by atoms with Crippen molar-refractivity contribution in [3.8, 4) is 5.88 Å². The van der Waals surface area contributed by atoms with Crippen LogP contribution in [0.2, 0.25) is 10.0 Å². The number of carbonyl (C=O) groups excluding carboxylic acids is 2. The quantitative estimate of drug-likeness (QED) is 0.297. The monoisotopic (exact) mass is 612 g/mol. The highest BCUT2D eigenvalue weighted by atomic mass is 35.5. The van der Waals surface area contributed by atoms with Gasteiger partial charge in [0.05, 0.1) is 12.2 Å². The molecule has 1 fully saturated rings. The summed E-state index contributed by atoms with van der Waals surface area (Å²) in [7, 11) is 0. The molecule has 0 aliphatic carbocycles. The molecule has 0 bridgehead atoms. The third-order valence-electron chi connectivity index (χ3n) is 7.69. The van der Waals surface area contributed by atoms with Gasteiger partial charge in [0, 0.05) is 29.3 Å². The van der Waals surface area contributed by atoms with Gasteiger partial charge >= 0.3 is 6.03 Å². The van der Waals surface area contributed by atoms with Crippen LogP contribution in [0.4, 0.5) is 4.79 Å². The Balaban J connectivity index is 1.80. The van der Waals surface area contributed by atoms with Crippen molar-refractivity contribution in [2.24, 2.45) is 4.99 Å². The maximum absolute atomic E-state index is 14.6. The number of aromatic nitrogens is 2. The first kappa shape index (κ1) is 29.2. The number of piperazine rings is 1. The molecule has 41 heavy (non-hydrogen) atoms. The van der Waals surface area contributed by atoms with Crippen molar-refractivity contribution in [3.63, 3.8) is 0 Å². The number of amides is 3. The Kier molecular flexibility index (Phi) is 8.18. The number of benzene rings is 2. The highest BCUT2D eigenvalue weighted by Gasteiger charge is 2.60. The van der Waals surface area contributed by atoms with Crippen molar-refractivity contribution in [1.82, 2.24) is 25.1 Å². The summed E-state index contributed by atoms with van der Waals surface area (Å²) in [5, 5.41) is 4.47. The average Bonchev–Trinajstić information content (AvgIpc) is 3.21. The molecule has 0 unspecified atom stereocenters. The van der Waals surface area contributed by atoms with Gasteiger partial charge in [-0.05, 0) is 62.4 Å². The van der Waals surface area contributed by atoms with Crippen LogP contribution in [0.15, 0.2) is 64.9 Å². The SMILES string of the molecule is CCOc1nc(SC)ncc1C1=N[C@@](C)(c2ccc(Cl)cc2)[C@@](C)(c2ccc(Cl)cc2)N1C(=O)N1CCNC(=O)C1. The van der Waals surface area contributed by atoms with E-state index in [0.29, 0.717) is 52.2 Å². The van der Waals surface area contributed by atoms with E-state index in [0.717, 1.165) is 11.1 Å². The van der Waals surface area contributed by atoms with Gasteiger partial charge in [-0.3, -0.25) is 14.7 Å². The Labute approximate surface area is 253 Å². The minimum Gasteiger partial charge on any atom is -0.477 e. The van der Waals surface area contributed by atoms with E-state index in [4.69, 9.17) is 32.9 Å². The molecule has 2 aliphatic rings. The predicted molar refractivity (Wildman–Crippen MR) is 161 cm³/mol.